The molecule has 3 unspecified atom stereocenters. The van der Waals surface area contributed by atoms with Gasteiger partial charge in [-0.15, -0.1) is 0 Å². The van der Waals surface area contributed by atoms with E-state index in [1.165, 1.54) is 244 Å². The topological polar surface area (TPSA) is 237 Å². The van der Waals surface area contributed by atoms with Crippen LogP contribution < -0.4 is 0 Å². The van der Waals surface area contributed by atoms with Crippen molar-refractivity contribution in [1.29, 1.82) is 0 Å². The Hall–Kier alpha value is -1.94. The molecule has 6 atom stereocenters. The second-order valence-corrected chi connectivity index (χ2v) is 34.3. The number of phosphoric acid groups is 2. The van der Waals surface area contributed by atoms with Crippen LogP contribution in [0.2, 0.25) is 0 Å². The number of rotatable bonds is 82. The van der Waals surface area contributed by atoms with E-state index in [9.17, 15) is 43.2 Å². The first kappa shape index (κ1) is 101. The highest BCUT2D eigenvalue weighted by molar-refractivity contribution is 7.47. The smallest absolute Gasteiger partial charge is 0.462 e. The van der Waals surface area contributed by atoms with E-state index in [1.807, 2.05) is 0 Å². The number of aliphatic hydroxyl groups is 1. The van der Waals surface area contributed by atoms with Crippen LogP contribution in [0.25, 0.3) is 0 Å². The molecule has 0 aliphatic heterocycles. The normalized spacial score (nSPS) is 14.2. The van der Waals surface area contributed by atoms with E-state index in [0.29, 0.717) is 25.7 Å². The second-order valence-electron chi connectivity index (χ2n) is 31.4. The van der Waals surface area contributed by atoms with Crippen LogP contribution >= 0.6 is 15.6 Å². The average Bonchev–Trinajstić information content (AvgIpc) is 0.914. The summed E-state index contributed by atoms with van der Waals surface area (Å²) in [5, 5.41) is 10.7. The van der Waals surface area contributed by atoms with E-state index in [2.05, 4.69) is 48.5 Å². The fourth-order valence-electron chi connectivity index (χ4n) is 13.0. The summed E-state index contributed by atoms with van der Waals surface area (Å²) in [6, 6.07) is 0. The van der Waals surface area contributed by atoms with Crippen LogP contribution in [0.3, 0.4) is 0 Å². The summed E-state index contributed by atoms with van der Waals surface area (Å²) < 4.78 is 68.8. The Bertz CT molecular complexity index is 1990. The predicted octanol–water partition coefficient (Wildman–Crippen LogP) is 25.3. The number of unbranched alkanes of at least 4 members (excludes halogenated alkanes) is 49. The first-order valence-corrected chi connectivity index (χ1v) is 46.4. The maximum absolute atomic E-state index is 13.1. The molecular formula is C84H164O17P2. The van der Waals surface area contributed by atoms with Crippen molar-refractivity contribution in [2.24, 2.45) is 17.8 Å². The minimum absolute atomic E-state index is 0.106. The molecule has 3 N–H and O–H groups in total. The maximum atomic E-state index is 13.1. The molecule has 0 aliphatic carbocycles. The predicted molar refractivity (Wildman–Crippen MR) is 423 cm³/mol. The lowest BCUT2D eigenvalue weighted by molar-refractivity contribution is -0.161. The van der Waals surface area contributed by atoms with Crippen molar-refractivity contribution in [3.63, 3.8) is 0 Å². The summed E-state index contributed by atoms with van der Waals surface area (Å²) >= 11 is 0. The number of carbonyl (C=O) groups is 4. The van der Waals surface area contributed by atoms with Crippen molar-refractivity contribution in [3.05, 3.63) is 0 Å². The third-order valence-electron chi connectivity index (χ3n) is 20.0. The summed E-state index contributed by atoms with van der Waals surface area (Å²) in [5.74, 6) is 0.198. The standard InChI is InChI=1S/C84H164O17P2/c1-8-10-11-12-13-14-15-16-17-18-19-20-21-22-23-28-34-39-44-53-60-67-83(88)100-79(71-94-81(86)65-58-51-43-38-33-27-25-24-26-31-36-41-48-55-62-75(3)4)73-98-102(90,91)96-69-78(85)70-97-103(92,93)99-74-80(72-95-82(87)66-59-52-47-46-50-57-64-77(7)9-2)101-84(89)68-61-54-45-40-35-30-29-32-37-42-49-56-63-76(5)6/h75-80,85H,8-74H2,1-7H3,(H,90,91)(H,92,93)/t77?,78-,79-,80-/m1/s1. The van der Waals surface area contributed by atoms with Crippen molar-refractivity contribution in [1.82, 2.24) is 0 Å². The van der Waals surface area contributed by atoms with Gasteiger partial charge in [-0.25, -0.2) is 9.13 Å². The quantitative estimate of drug-likeness (QED) is 0.0222. The summed E-state index contributed by atoms with van der Waals surface area (Å²) in [6.45, 7) is 12.0. The lowest BCUT2D eigenvalue weighted by Crippen LogP contribution is -2.30. The molecular weight excluding hydrogens is 1340 g/mol. The molecule has 0 aliphatic rings. The van der Waals surface area contributed by atoms with Crippen LogP contribution in [0.1, 0.15) is 440 Å². The van der Waals surface area contributed by atoms with Gasteiger partial charge in [-0.1, -0.05) is 389 Å². The Kier molecular flexibility index (Phi) is 72.8. The molecule has 0 aromatic carbocycles. The molecule has 19 heteroatoms. The van der Waals surface area contributed by atoms with Gasteiger partial charge in [-0.3, -0.25) is 37.3 Å². The lowest BCUT2D eigenvalue weighted by Gasteiger charge is -2.21. The Morgan fingerprint density at radius 1 is 0.282 bits per heavy atom. The molecule has 0 heterocycles. The van der Waals surface area contributed by atoms with Gasteiger partial charge in [0, 0.05) is 25.7 Å². The number of carbonyl (C=O) groups excluding carboxylic acids is 4. The number of esters is 4. The molecule has 0 radical (unpaired) electrons. The molecule has 0 bridgehead atoms. The maximum Gasteiger partial charge on any atom is 0.472 e. The van der Waals surface area contributed by atoms with E-state index >= 15 is 0 Å². The van der Waals surface area contributed by atoms with Crippen LogP contribution in [0.5, 0.6) is 0 Å². The van der Waals surface area contributed by atoms with Gasteiger partial charge in [-0.2, -0.15) is 0 Å². The van der Waals surface area contributed by atoms with Gasteiger partial charge in [0.15, 0.2) is 12.2 Å². The largest absolute Gasteiger partial charge is 0.472 e. The zero-order valence-corrected chi connectivity index (χ0v) is 69.6. The van der Waals surface area contributed by atoms with Gasteiger partial charge in [0.25, 0.3) is 0 Å². The van der Waals surface area contributed by atoms with Crippen molar-refractivity contribution in [2.75, 3.05) is 39.6 Å². The molecule has 103 heavy (non-hydrogen) atoms. The Morgan fingerprint density at radius 2 is 0.495 bits per heavy atom. The van der Waals surface area contributed by atoms with E-state index in [-0.39, 0.29) is 25.7 Å². The summed E-state index contributed by atoms with van der Waals surface area (Å²) in [4.78, 5) is 73.1. The Morgan fingerprint density at radius 3 is 0.738 bits per heavy atom. The van der Waals surface area contributed by atoms with Gasteiger partial charge in [-0.05, 0) is 43.4 Å². The zero-order chi connectivity index (χ0) is 75.8. The molecule has 0 fully saturated rings. The lowest BCUT2D eigenvalue weighted by atomic mass is 10.00. The van der Waals surface area contributed by atoms with Gasteiger partial charge in [0.05, 0.1) is 26.4 Å². The third kappa shape index (κ3) is 76.6. The van der Waals surface area contributed by atoms with Crippen LogP contribution in [0.15, 0.2) is 0 Å². The fraction of sp³-hybridized carbons (Fsp3) is 0.952. The third-order valence-corrected chi connectivity index (χ3v) is 21.9. The highest BCUT2D eigenvalue weighted by Crippen LogP contribution is 2.45. The first-order valence-electron chi connectivity index (χ1n) is 43.4. The van der Waals surface area contributed by atoms with Crippen LogP contribution in [0.4, 0.5) is 0 Å². The number of hydrogen-bond donors (Lipinski definition) is 3. The van der Waals surface area contributed by atoms with E-state index in [0.717, 1.165) is 114 Å². The van der Waals surface area contributed by atoms with Gasteiger partial charge >= 0.3 is 39.5 Å². The van der Waals surface area contributed by atoms with Gasteiger partial charge < -0.3 is 33.8 Å². The summed E-state index contributed by atoms with van der Waals surface area (Å²) in [7, 11) is -9.93. The molecule has 17 nitrogen and oxygen atoms in total. The van der Waals surface area contributed by atoms with Crippen molar-refractivity contribution >= 4 is 39.5 Å². The first-order chi connectivity index (χ1) is 49.8. The molecule has 612 valence electrons. The fourth-order valence-corrected chi connectivity index (χ4v) is 14.6. The van der Waals surface area contributed by atoms with Crippen molar-refractivity contribution < 1.29 is 80.2 Å². The SMILES string of the molecule is CCCCCCCCCCCCCCCCCCCCCCCC(=O)O[C@H](COC(=O)CCCCCCCCCCCCCCCCC(C)C)COP(=O)(O)OC[C@@H](O)COP(=O)(O)OC[C@@H](COC(=O)CCCCCCCCC(C)CC)OC(=O)CCCCCCCCCCCCCCC(C)C. The van der Waals surface area contributed by atoms with Crippen LogP contribution in [-0.2, 0) is 65.4 Å². The summed E-state index contributed by atoms with van der Waals surface area (Å²) in [5.41, 5.74) is 0. The highest BCUT2D eigenvalue weighted by Gasteiger charge is 2.30. The number of hydrogen-bond acceptors (Lipinski definition) is 15. The van der Waals surface area contributed by atoms with Gasteiger partial charge in [0.1, 0.15) is 19.3 Å². The number of phosphoric ester groups is 2. The minimum atomic E-state index is -4.96. The van der Waals surface area contributed by atoms with Gasteiger partial charge in [0.2, 0.25) is 0 Å². The number of aliphatic hydroxyl groups excluding tert-OH is 1. The molecule has 0 aromatic heterocycles. The Labute approximate surface area is 632 Å². The van der Waals surface area contributed by atoms with Crippen molar-refractivity contribution in [3.8, 4) is 0 Å². The molecule has 0 spiro atoms. The molecule has 0 saturated carbocycles. The van der Waals surface area contributed by atoms with E-state index in [4.69, 9.17) is 37.0 Å². The van der Waals surface area contributed by atoms with Crippen molar-refractivity contribution in [2.45, 2.75) is 458 Å². The second kappa shape index (κ2) is 74.2. The molecule has 0 aromatic rings. The monoisotopic (exact) mass is 1510 g/mol. The Balaban J connectivity index is 5.23. The zero-order valence-electron chi connectivity index (χ0n) is 67.8. The van der Waals surface area contributed by atoms with E-state index in [1.54, 1.807) is 0 Å². The number of ether oxygens (including phenoxy) is 4. The highest BCUT2D eigenvalue weighted by atomic mass is 31.2. The molecule has 0 amide bonds. The minimum Gasteiger partial charge on any atom is -0.462 e. The van der Waals surface area contributed by atoms with Crippen LogP contribution in [-0.4, -0.2) is 96.7 Å². The van der Waals surface area contributed by atoms with Crippen LogP contribution in [0, 0.1) is 17.8 Å². The average molecular weight is 1510 g/mol. The summed E-state index contributed by atoms with van der Waals surface area (Å²) in [6.07, 6.45) is 64.0. The van der Waals surface area contributed by atoms with E-state index < -0.39 is 97.5 Å². The molecule has 0 saturated heterocycles. The molecule has 0 rings (SSSR count).